The predicted molar refractivity (Wildman–Crippen MR) is 109 cm³/mol. The minimum Gasteiger partial charge on any atom is -0.485 e. The van der Waals surface area contributed by atoms with Gasteiger partial charge in [-0.15, -0.1) is 6.58 Å². The van der Waals surface area contributed by atoms with Gasteiger partial charge in [-0.2, -0.15) is 0 Å². The van der Waals surface area contributed by atoms with Gasteiger partial charge in [-0.1, -0.05) is 36.4 Å². The summed E-state index contributed by atoms with van der Waals surface area (Å²) in [6.45, 7) is 8.93. The minimum atomic E-state index is -0.505. The highest BCUT2D eigenvalue weighted by atomic mass is 16.6. The van der Waals surface area contributed by atoms with Crippen LogP contribution in [-0.4, -0.2) is 32.0 Å². The van der Waals surface area contributed by atoms with Crippen LogP contribution in [0.1, 0.15) is 31.1 Å². The standard InChI is InChI=1S/C23H29NO3/c1-5-14-26-22-21(25-15-13-17-9-7-6-8-10-17)19-16-18(24-4)11-12-20(19)27-23(22,2)3/h5-12,16,21-22,24H,1,13-15H2,2-4H3. The van der Waals surface area contributed by atoms with Gasteiger partial charge in [-0.05, 0) is 44.0 Å². The van der Waals surface area contributed by atoms with Crippen LogP contribution in [0.25, 0.3) is 0 Å². The molecule has 1 N–H and O–H groups in total. The summed E-state index contributed by atoms with van der Waals surface area (Å²) in [6.07, 6.45) is 2.18. The molecule has 4 nitrogen and oxygen atoms in total. The summed E-state index contributed by atoms with van der Waals surface area (Å²) in [5.41, 5.74) is 2.80. The number of hydrogen-bond acceptors (Lipinski definition) is 4. The highest BCUT2D eigenvalue weighted by molar-refractivity contribution is 5.53. The van der Waals surface area contributed by atoms with Crippen LogP contribution in [0.15, 0.2) is 61.2 Å². The normalized spacial score (nSPS) is 20.4. The van der Waals surface area contributed by atoms with Crippen LogP contribution in [0.4, 0.5) is 5.69 Å². The second kappa shape index (κ2) is 8.59. The fourth-order valence-corrected chi connectivity index (χ4v) is 3.47. The topological polar surface area (TPSA) is 39.7 Å². The number of rotatable bonds is 8. The molecule has 2 aromatic rings. The van der Waals surface area contributed by atoms with E-state index in [1.54, 1.807) is 6.08 Å². The largest absolute Gasteiger partial charge is 0.485 e. The van der Waals surface area contributed by atoms with Gasteiger partial charge >= 0.3 is 0 Å². The maximum absolute atomic E-state index is 6.39. The Balaban J connectivity index is 1.85. The zero-order valence-corrected chi connectivity index (χ0v) is 16.4. The fraction of sp³-hybridized carbons (Fsp3) is 0.391. The Hall–Kier alpha value is -2.30. The number of nitrogens with one attached hydrogen (secondary N) is 1. The molecule has 0 aliphatic carbocycles. The van der Waals surface area contributed by atoms with Crippen LogP contribution in [0, 0.1) is 0 Å². The van der Waals surface area contributed by atoms with E-state index in [-0.39, 0.29) is 12.2 Å². The Morgan fingerprint density at radius 1 is 1.15 bits per heavy atom. The second-order valence-corrected chi connectivity index (χ2v) is 7.28. The number of ether oxygens (including phenoxy) is 3. The van der Waals surface area contributed by atoms with Gasteiger partial charge in [0.25, 0.3) is 0 Å². The van der Waals surface area contributed by atoms with Gasteiger partial charge < -0.3 is 19.5 Å². The van der Waals surface area contributed by atoms with Gasteiger partial charge in [0.05, 0.1) is 13.2 Å². The summed E-state index contributed by atoms with van der Waals surface area (Å²) < 4.78 is 18.8. The zero-order chi connectivity index (χ0) is 19.3. The van der Waals surface area contributed by atoms with Crippen LogP contribution in [0.3, 0.4) is 0 Å². The summed E-state index contributed by atoms with van der Waals surface area (Å²) in [5, 5.41) is 3.19. The summed E-state index contributed by atoms with van der Waals surface area (Å²) in [7, 11) is 1.91. The lowest BCUT2D eigenvalue weighted by Gasteiger charge is -2.44. The van der Waals surface area contributed by atoms with E-state index in [9.17, 15) is 0 Å². The van der Waals surface area contributed by atoms with Crippen molar-refractivity contribution in [3.05, 3.63) is 72.3 Å². The molecule has 0 aromatic heterocycles. The molecule has 0 amide bonds. The summed E-state index contributed by atoms with van der Waals surface area (Å²) >= 11 is 0. The molecule has 144 valence electrons. The van der Waals surface area contributed by atoms with E-state index in [4.69, 9.17) is 14.2 Å². The lowest BCUT2D eigenvalue weighted by molar-refractivity contribution is -0.156. The third-order valence-corrected chi connectivity index (χ3v) is 4.86. The molecular weight excluding hydrogens is 338 g/mol. The zero-order valence-electron chi connectivity index (χ0n) is 16.4. The van der Waals surface area contributed by atoms with Gasteiger partial charge in [-0.25, -0.2) is 0 Å². The molecule has 0 fully saturated rings. The van der Waals surface area contributed by atoms with E-state index in [1.165, 1.54) is 5.56 Å². The first-order chi connectivity index (χ1) is 13.0. The van der Waals surface area contributed by atoms with Crippen molar-refractivity contribution in [1.29, 1.82) is 0 Å². The van der Waals surface area contributed by atoms with E-state index in [1.807, 2.05) is 39.1 Å². The van der Waals surface area contributed by atoms with Crippen LogP contribution in [0.2, 0.25) is 0 Å². The third-order valence-electron chi connectivity index (χ3n) is 4.86. The SMILES string of the molecule is C=CCOC1C(OCCc2ccccc2)c2cc(NC)ccc2OC1(C)C. The molecule has 1 heterocycles. The minimum absolute atomic E-state index is 0.208. The maximum atomic E-state index is 6.39. The average Bonchev–Trinajstić information content (AvgIpc) is 2.67. The lowest BCUT2D eigenvalue weighted by atomic mass is 9.87. The Morgan fingerprint density at radius 3 is 2.63 bits per heavy atom. The number of benzene rings is 2. The summed E-state index contributed by atoms with van der Waals surface area (Å²) in [6, 6.07) is 16.5. The molecule has 1 aliphatic rings. The molecule has 4 heteroatoms. The van der Waals surface area contributed by atoms with Crippen molar-refractivity contribution >= 4 is 5.69 Å². The smallest absolute Gasteiger partial charge is 0.132 e. The Labute approximate surface area is 162 Å². The van der Waals surface area contributed by atoms with Gasteiger partial charge in [0.2, 0.25) is 0 Å². The first-order valence-electron chi connectivity index (χ1n) is 9.44. The summed E-state index contributed by atoms with van der Waals surface area (Å²) in [5.74, 6) is 0.849. The molecule has 2 aromatic carbocycles. The molecular formula is C23H29NO3. The van der Waals surface area contributed by atoms with E-state index in [0.717, 1.165) is 23.4 Å². The van der Waals surface area contributed by atoms with Crippen LogP contribution in [0.5, 0.6) is 5.75 Å². The fourth-order valence-electron chi connectivity index (χ4n) is 3.47. The molecule has 0 radical (unpaired) electrons. The van der Waals surface area contributed by atoms with Crippen LogP contribution in [-0.2, 0) is 15.9 Å². The molecule has 0 spiro atoms. The van der Waals surface area contributed by atoms with E-state index in [2.05, 4.69) is 42.2 Å². The van der Waals surface area contributed by atoms with Crippen molar-refractivity contribution in [3.63, 3.8) is 0 Å². The molecule has 0 bridgehead atoms. The van der Waals surface area contributed by atoms with Gasteiger partial charge in [-0.3, -0.25) is 0 Å². The highest BCUT2D eigenvalue weighted by Gasteiger charge is 2.45. The first-order valence-corrected chi connectivity index (χ1v) is 9.44. The predicted octanol–water partition coefficient (Wildman–Crippen LogP) is 4.77. The summed E-state index contributed by atoms with van der Waals surface area (Å²) in [4.78, 5) is 0. The molecule has 3 rings (SSSR count). The number of fused-ring (bicyclic) bond motifs is 1. The van der Waals surface area contributed by atoms with Gasteiger partial charge in [0.1, 0.15) is 23.6 Å². The Kier molecular flexibility index (Phi) is 6.19. The van der Waals surface area contributed by atoms with Crippen LogP contribution >= 0.6 is 0 Å². The van der Waals surface area contributed by atoms with Gasteiger partial charge in [0, 0.05) is 18.3 Å². The Bertz CT molecular complexity index is 757. The molecule has 0 saturated carbocycles. The molecule has 1 aliphatic heterocycles. The van der Waals surface area contributed by atoms with E-state index >= 15 is 0 Å². The van der Waals surface area contributed by atoms with Crippen molar-refractivity contribution in [2.24, 2.45) is 0 Å². The quantitative estimate of drug-likeness (QED) is 0.682. The van der Waals surface area contributed by atoms with Crippen molar-refractivity contribution in [3.8, 4) is 5.75 Å². The van der Waals surface area contributed by atoms with E-state index < -0.39 is 5.60 Å². The Morgan fingerprint density at radius 2 is 1.93 bits per heavy atom. The van der Waals surface area contributed by atoms with Crippen molar-refractivity contribution < 1.29 is 14.2 Å². The second-order valence-electron chi connectivity index (χ2n) is 7.28. The molecule has 2 unspecified atom stereocenters. The van der Waals surface area contributed by atoms with Crippen molar-refractivity contribution in [2.45, 2.75) is 38.1 Å². The maximum Gasteiger partial charge on any atom is 0.132 e. The van der Waals surface area contributed by atoms with E-state index in [0.29, 0.717) is 13.2 Å². The average molecular weight is 367 g/mol. The molecule has 2 atom stereocenters. The first kappa shape index (κ1) is 19.5. The van der Waals surface area contributed by atoms with Crippen LogP contribution < -0.4 is 10.1 Å². The van der Waals surface area contributed by atoms with Crippen molar-refractivity contribution in [2.75, 3.05) is 25.6 Å². The lowest BCUT2D eigenvalue weighted by Crippen LogP contribution is -2.51. The molecule has 27 heavy (non-hydrogen) atoms. The monoisotopic (exact) mass is 367 g/mol. The van der Waals surface area contributed by atoms with Gasteiger partial charge in [0.15, 0.2) is 0 Å². The number of hydrogen-bond donors (Lipinski definition) is 1. The highest BCUT2D eigenvalue weighted by Crippen LogP contribution is 2.44. The third kappa shape index (κ3) is 4.52. The van der Waals surface area contributed by atoms with Crippen molar-refractivity contribution in [1.82, 2.24) is 0 Å². The molecule has 0 saturated heterocycles. The number of anilines is 1.